The van der Waals surface area contributed by atoms with E-state index in [-0.39, 0.29) is 0 Å². The van der Waals surface area contributed by atoms with E-state index in [9.17, 15) is 0 Å². The summed E-state index contributed by atoms with van der Waals surface area (Å²) in [6, 6.07) is 0. The van der Waals surface area contributed by atoms with Gasteiger partial charge in [-0.1, -0.05) is 0 Å². The molecule has 0 unspecified atom stereocenters. The second-order valence-corrected chi connectivity index (χ2v) is 12.1. The second kappa shape index (κ2) is 11.3. The van der Waals surface area contributed by atoms with Crippen LogP contribution < -0.4 is 0 Å². The fourth-order valence-electron chi connectivity index (χ4n) is 2.60. The van der Waals surface area contributed by atoms with Crippen molar-refractivity contribution in [3.05, 3.63) is 0 Å². The Morgan fingerprint density at radius 2 is 1.35 bits per heavy atom. The zero-order valence-corrected chi connectivity index (χ0v) is 17.0. The van der Waals surface area contributed by atoms with Gasteiger partial charge in [-0.2, -0.15) is 0 Å². The molecule has 0 aromatic carbocycles. The van der Waals surface area contributed by atoms with Crippen LogP contribution in [0.5, 0.6) is 0 Å². The molecule has 0 N–H and O–H groups in total. The molecule has 0 aliphatic heterocycles. The van der Waals surface area contributed by atoms with Crippen molar-refractivity contribution in [2.45, 2.75) is 77.1 Å². The van der Waals surface area contributed by atoms with Crippen LogP contribution in [-0.4, -0.2) is 33.8 Å². The van der Waals surface area contributed by atoms with Crippen LogP contribution in [0.2, 0.25) is 4.44 Å². The molecule has 0 atom stereocenters. The third-order valence-electron chi connectivity index (χ3n) is 4.10. The van der Waals surface area contributed by atoms with Gasteiger partial charge in [-0.05, 0) is 0 Å². The Bertz CT molecular complexity index is 211. The minimum atomic E-state index is -2.03. The van der Waals surface area contributed by atoms with E-state index < -0.39 is 20.6 Å². The van der Waals surface area contributed by atoms with E-state index in [1.807, 2.05) is 0 Å². The third kappa shape index (κ3) is 9.62. The zero-order chi connectivity index (χ0) is 14.8. The monoisotopic (exact) mass is 391 g/mol. The van der Waals surface area contributed by atoms with E-state index in [0.29, 0.717) is 0 Å². The average molecular weight is 390 g/mol. The van der Waals surface area contributed by atoms with Crippen LogP contribution in [0.15, 0.2) is 0 Å². The molecule has 0 bridgehead atoms. The maximum absolute atomic E-state index is 6.21. The summed E-state index contributed by atoms with van der Waals surface area (Å²) in [7, 11) is 0. The molecule has 0 spiro atoms. The van der Waals surface area contributed by atoms with E-state index in [1.165, 1.54) is 49.4 Å². The van der Waals surface area contributed by atoms with Gasteiger partial charge in [-0.25, -0.2) is 0 Å². The summed E-state index contributed by atoms with van der Waals surface area (Å²) in [6.45, 7) is 10.9. The number of hydrogen-bond acceptors (Lipinski definition) is 2. The molecule has 0 saturated heterocycles. The van der Waals surface area contributed by atoms with Gasteiger partial charge in [-0.15, -0.1) is 0 Å². The molecular formula is C17H35O2Sn. The summed E-state index contributed by atoms with van der Waals surface area (Å²) in [5, 5.41) is 0. The molecule has 0 heterocycles. The third-order valence-corrected chi connectivity index (χ3v) is 9.70. The Balaban J connectivity index is 2.28. The Kier molecular flexibility index (Phi) is 10.6. The second-order valence-electron chi connectivity index (χ2n) is 7.14. The van der Waals surface area contributed by atoms with E-state index in [2.05, 4.69) is 27.7 Å². The molecule has 2 nitrogen and oxygen atoms in total. The van der Waals surface area contributed by atoms with E-state index in [1.54, 1.807) is 0 Å². The quantitative estimate of drug-likeness (QED) is 0.479. The molecule has 0 aromatic heterocycles. The van der Waals surface area contributed by atoms with Crippen LogP contribution in [0.4, 0.5) is 0 Å². The maximum atomic E-state index is 6.21. The molecule has 20 heavy (non-hydrogen) atoms. The molecule has 119 valence electrons. The predicted octanol–water partition coefficient (Wildman–Crippen LogP) is 5.18. The van der Waals surface area contributed by atoms with Gasteiger partial charge >= 0.3 is 135 Å². The van der Waals surface area contributed by atoms with Crippen molar-refractivity contribution >= 4 is 20.6 Å². The Hall–Kier alpha value is 0.719. The van der Waals surface area contributed by atoms with E-state index in [0.717, 1.165) is 31.0 Å². The summed E-state index contributed by atoms with van der Waals surface area (Å²) in [5.41, 5.74) is 0. The molecule has 0 aromatic rings. The molecule has 1 rings (SSSR count). The molecule has 3 heteroatoms. The van der Waals surface area contributed by atoms with Crippen molar-refractivity contribution in [1.82, 2.24) is 0 Å². The van der Waals surface area contributed by atoms with Gasteiger partial charge in [0, 0.05) is 0 Å². The molecule has 1 fully saturated rings. The minimum absolute atomic E-state index is 0.741. The van der Waals surface area contributed by atoms with Crippen molar-refractivity contribution in [3.8, 4) is 0 Å². The SMILES string of the molecule is CC(C)CC[O][Sn]([CH2]C1CCCCC1)[O]CCC(C)C. The van der Waals surface area contributed by atoms with Crippen molar-refractivity contribution in [1.29, 1.82) is 0 Å². The standard InChI is InChI=1S/C7H13.2C5H11O.Sn/c1-7-5-3-2-4-6-7;2*1-5(2)3-4-6;/h7H,1-6H2;2*5H,3-4H2,1-2H3;/q;2*-1;+2. The van der Waals surface area contributed by atoms with Gasteiger partial charge in [0.15, 0.2) is 0 Å². The fourth-order valence-corrected chi connectivity index (χ4v) is 8.00. The number of hydrogen-bond donors (Lipinski definition) is 0. The van der Waals surface area contributed by atoms with Crippen molar-refractivity contribution in [2.24, 2.45) is 17.8 Å². The summed E-state index contributed by atoms with van der Waals surface area (Å²) in [4.78, 5) is 0. The van der Waals surface area contributed by atoms with Gasteiger partial charge in [0.25, 0.3) is 0 Å². The van der Waals surface area contributed by atoms with Crippen LogP contribution >= 0.6 is 0 Å². The summed E-state index contributed by atoms with van der Waals surface area (Å²) < 4.78 is 13.7. The van der Waals surface area contributed by atoms with Crippen molar-refractivity contribution in [3.63, 3.8) is 0 Å². The molecule has 1 saturated carbocycles. The molecule has 1 aliphatic rings. The summed E-state index contributed by atoms with van der Waals surface area (Å²) in [5.74, 6) is 2.39. The van der Waals surface area contributed by atoms with Crippen molar-refractivity contribution < 1.29 is 6.15 Å². The van der Waals surface area contributed by atoms with Crippen molar-refractivity contribution in [2.75, 3.05) is 13.2 Å². The fraction of sp³-hybridized carbons (Fsp3) is 1.00. The first-order chi connectivity index (χ1) is 9.58. The number of rotatable bonds is 10. The zero-order valence-electron chi connectivity index (χ0n) is 14.1. The average Bonchev–Trinajstić information content (AvgIpc) is 2.38. The molecule has 1 aliphatic carbocycles. The summed E-state index contributed by atoms with van der Waals surface area (Å²) in [6.07, 6.45) is 9.51. The molecule has 1 radical (unpaired) electrons. The predicted molar refractivity (Wildman–Crippen MR) is 88.0 cm³/mol. The normalized spacial score (nSPS) is 17.6. The Morgan fingerprint density at radius 1 is 0.850 bits per heavy atom. The van der Waals surface area contributed by atoms with Crippen LogP contribution in [0.1, 0.15) is 72.6 Å². The van der Waals surface area contributed by atoms with Crippen LogP contribution in [0.3, 0.4) is 0 Å². The van der Waals surface area contributed by atoms with Gasteiger partial charge in [-0.3, -0.25) is 0 Å². The topological polar surface area (TPSA) is 18.5 Å². The van der Waals surface area contributed by atoms with Crippen LogP contribution in [0, 0.1) is 17.8 Å². The van der Waals surface area contributed by atoms with Gasteiger partial charge in [0.05, 0.1) is 0 Å². The van der Waals surface area contributed by atoms with Crippen LogP contribution in [-0.2, 0) is 6.15 Å². The summed E-state index contributed by atoms with van der Waals surface area (Å²) >= 11 is -2.03. The first-order valence-electron chi connectivity index (χ1n) is 8.69. The van der Waals surface area contributed by atoms with Gasteiger partial charge < -0.3 is 0 Å². The molecule has 0 amide bonds. The first kappa shape index (κ1) is 18.8. The Labute approximate surface area is 134 Å². The van der Waals surface area contributed by atoms with Gasteiger partial charge in [0.2, 0.25) is 0 Å². The van der Waals surface area contributed by atoms with Gasteiger partial charge in [0.1, 0.15) is 0 Å². The molecular weight excluding hydrogens is 355 g/mol. The van der Waals surface area contributed by atoms with E-state index >= 15 is 0 Å². The Morgan fingerprint density at radius 3 is 1.80 bits per heavy atom. The van der Waals surface area contributed by atoms with Crippen LogP contribution in [0.25, 0.3) is 0 Å². The van der Waals surface area contributed by atoms with E-state index in [4.69, 9.17) is 6.15 Å². The first-order valence-corrected chi connectivity index (χ1v) is 13.0.